The molecule has 0 aromatic heterocycles. The van der Waals surface area contributed by atoms with Gasteiger partial charge in [-0.1, -0.05) is 11.6 Å². The molecule has 0 saturated carbocycles. The van der Waals surface area contributed by atoms with E-state index >= 15 is 0 Å². The number of carbonyl (C=O) groups is 3. The van der Waals surface area contributed by atoms with Crippen molar-refractivity contribution in [1.29, 1.82) is 0 Å². The summed E-state index contributed by atoms with van der Waals surface area (Å²) in [5, 5.41) is 12.5. The van der Waals surface area contributed by atoms with Crippen LogP contribution in [-0.4, -0.2) is 46.5 Å². The van der Waals surface area contributed by atoms with Crippen molar-refractivity contribution in [3.05, 3.63) is 28.8 Å². The number of ether oxygens (including phenoxy) is 1. The number of carboxylic acid groups (broad SMARTS) is 1. The zero-order chi connectivity index (χ0) is 19.4. The molecular formula is C19H23ClN2O5. The van der Waals surface area contributed by atoms with Gasteiger partial charge in [-0.3, -0.25) is 14.4 Å². The predicted molar refractivity (Wildman–Crippen MR) is 98.6 cm³/mol. The van der Waals surface area contributed by atoms with E-state index in [1.54, 1.807) is 23.1 Å². The number of halogens is 1. The molecule has 1 aromatic rings. The highest BCUT2D eigenvalue weighted by Crippen LogP contribution is 2.31. The third-order valence-corrected chi connectivity index (χ3v) is 5.46. The summed E-state index contributed by atoms with van der Waals surface area (Å²) < 4.78 is 5.69. The van der Waals surface area contributed by atoms with Crippen LogP contribution in [0.4, 0.5) is 0 Å². The Labute approximate surface area is 162 Å². The van der Waals surface area contributed by atoms with Crippen molar-refractivity contribution in [3.63, 3.8) is 0 Å². The first-order valence-electron chi connectivity index (χ1n) is 9.09. The number of fused-ring (bicyclic) bond motifs is 1. The Morgan fingerprint density at radius 1 is 1.30 bits per heavy atom. The summed E-state index contributed by atoms with van der Waals surface area (Å²) in [6.07, 6.45) is 1.92. The Kier molecular flexibility index (Phi) is 5.89. The first-order valence-corrected chi connectivity index (χ1v) is 9.46. The second-order valence-corrected chi connectivity index (χ2v) is 7.57. The molecule has 2 heterocycles. The van der Waals surface area contributed by atoms with E-state index in [0.717, 1.165) is 11.3 Å². The van der Waals surface area contributed by atoms with Crippen molar-refractivity contribution in [2.75, 3.05) is 13.2 Å². The first-order chi connectivity index (χ1) is 12.9. The predicted octanol–water partition coefficient (Wildman–Crippen LogP) is 2.35. The van der Waals surface area contributed by atoms with Crippen LogP contribution in [0.15, 0.2) is 18.2 Å². The van der Waals surface area contributed by atoms with E-state index < -0.39 is 11.5 Å². The summed E-state index contributed by atoms with van der Waals surface area (Å²) in [5.41, 5.74) is 0.262. The van der Waals surface area contributed by atoms with Crippen molar-refractivity contribution >= 4 is 29.4 Å². The number of nitrogens with zero attached hydrogens (tertiary/aromatic N) is 1. The van der Waals surface area contributed by atoms with Crippen molar-refractivity contribution in [1.82, 2.24) is 10.2 Å². The molecule has 1 aromatic carbocycles. The highest BCUT2D eigenvalue weighted by atomic mass is 35.5. The molecule has 146 valence electrons. The van der Waals surface area contributed by atoms with Gasteiger partial charge in [0.25, 0.3) is 0 Å². The van der Waals surface area contributed by atoms with Gasteiger partial charge in [0.1, 0.15) is 12.4 Å². The van der Waals surface area contributed by atoms with Gasteiger partial charge in [-0.25, -0.2) is 0 Å². The Hall–Kier alpha value is -2.28. The number of hydrogen-bond acceptors (Lipinski definition) is 4. The topological polar surface area (TPSA) is 95.9 Å². The summed E-state index contributed by atoms with van der Waals surface area (Å²) in [7, 11) is 0. The Bertz CT molecular complexity index is 754. The number of nitrogens with one attached hydrogen (secondary N) is 1. The summed E-state index contributed by atoms with van der Waals surface area (Å²) in [4.78, 5) is 37.1. The van der Waals surface area contributed by atoms with Gasteiger partial charge in [0.05, 0.1) is 6.54 Å². The molecule has 0 radical (unpaired) electrons. The number of carbonyl (C=O) groups excluding carboxylic acids is 2. The van der Waals surface area contributed by atoms with E-state index in [0.29, 0.717) is 50.4 Å². The maximum atomic E-state index is 12.8. The number of hydrogen-bond donors (Lipinski definition) is 2. The molecule has 1 fully saturated rings. The van der Waals surface area contributed by atoms with E-state index in [2.05, 4.69) is 5.32 Å². The first kappa shape index (κ1) is 19.5. The molecule has 3 rings (SSSR count). The van der Waals surface area contributed by atoms with Gasteiger partial charge in [-0.2, -0.15) is 0 Å². The molecule has 2 aliphatic rings. The van der Waals surface area contributed by atoms with Crippen molar-refractivity contribution < 1.29 is 24.2 Å². The Balaban J connectivity index is 1.63. The normalized spacial score (nSPS) is 21.8. The highest BCUT2D eigenvalue weighted by Gasteiger charge is 2.38. The quantitative estimate of drug-likeness (QED) is 0.772. The Morgan fingerprint density at radius 2 is 2.07 bits per heavy atom. The Morgan fingerprint density at radius 3 is 2.78 bits per heavy atom. The van der Waals surface area contributed by atoms with Gasteiger partial charge < -0.3 is 20.1 Å². The molecule has 27 heavy (non-hydrogen) atoms. The standard InChI is InChI=1S/C19H23ClN2O5/c20-14-1-2-15-13(11-14)12-22(9-10-27-15)17(24)4-7-19(8-5-18(25)26)6-3-16(23)21-19/h1-2,11H,3-10,12H2,(H,21,23)(H,25,26)/t19-/m1/s1. The van der Waals surface area contributed by atoms with Crippen LogP contribution in [-0.2, 0) is 20.9 Å². The van der Waals surface area contributed by atoms with Gasteiger partial charge in [0.2, 0.25) is 11.8 Å². The molecule has 2 aliphatic heterocycles. The molecule has 2 amide bonds. The number of rotatable bonds is 6. The van der Waals surface area contributed by atoms with Crippen LogP contribution in [0, 0.1) is 0 Å². The van der Waals surface area contributed by atoms with E-state index in [4.69, 9.17) is 21.4 Å². The molecule has 0 spiro atoms. The maximum absolute atomic E-state index is 12.8. The fourth-order valence-electron chi connectivity index (χ4n) is 3.70. The molecule has 1 atom stereocenters. The van der Waals surface area contributed by atoms with E-state index in [-0.39, 0.29) is 24.7 Å². The number of aliphatic carboxylic acids is 1. The molecule has 0 aliphatic carbocycles. The molecule has 8 heteroatoms. The average Bonchev–Trinajstić information content (AvgIpc) is 2.86. The zero-order valence-electron chi connectivity index (χ0n) is 15.0. The van der Waals surface area contributed by atoms with Gasteiger partial charge in [0, 0.05) is 41.9 Å². The molecule has 0 bridgehead atoms. The van der Waals surface area contributed by atoms with E-state index in [1.807, 2.05) is 0 Å². The highest BCUT2D eigenvalue weighted by molar-refractivity contribution is 6.30. The smallest absolute Gasteiger partial charge is 0.303 e. The largest absolute Gasteiger partial charge is 0.491 e. The van der Waals surface area contributed by atoms with Crippen molar-refractivity contribution in [3.8, 4) is 5.75 Å². The molecule has 2 N–H and O–H groups in total. The number of amides is 2. The van der Waals surface area contributed by atoms with Crippen molar-refractivity contribution in [2.24, 2.45) is 0 Å². The molecule has 0 unspecified atom stereocenters. The lowest BCUT2D eigenvalue weighted by Crippen LogP contribution is -2.43. The van der Waals surface area contributed by atoms with Crippen LogP contribution in [0.25, 0.3) is 0 Å². The number of carboxylic acids is 1. The lowest BCUT2D eigenvalue weighted by Gasteiger charge is -2.30. The molecule has 1 saturated heterocycles. The fraction of sp³-hybridized carbons (Fsp3) is 0.526. The third-order valence-electron chi connectivity index (χ3n) is 5.23. The van der Waals surface area contributed by atoms with Gasteiger partial charge in [-0.15, -0.1) is 0 Å². The lowest BCUT2D eigenvalue weighted by atomic mass is 9.86. The van der Waals surface area contributed by atoms with Crippen LogP contribution in [0.5, 0.6) is 5.75 Å². The summed E-state index contributed by atoms with van der Waals surface area (Å²) in [6, 6.07) is 5.36. The number of benzene rings is 1. The summed E-state index contributed by atoms with van der Waals surface area (Å²) >= 11 is 6.05. The van der Waals surface area contributed by atoms with Crippen LogP contribution in [0.3, 0.4) is 0 Å². The third kappa shape index (κ3) is 4.91. The van der Waals surface area contributed by atoms with Gasteiger partial charge in [0.15, 0.2) is 0 Å². The second kappa shape index (κ2) is 8.17. The van der Waals surface area contributed by atoms with Gasteiger partial charge >= 0.3 is 5.97 Å². The minimum atomic E-state index is -0.903. The van der Waals surface area contributed by atoms with Crippen LogP contribution in [0.2, 0.25) is 5.02 Å². The SMILES string of the molecule is O=C(O)CC[C@]1(CCC(=O)N2CCOc3ccc(Cl)cc3C2)CCC(=O)N1. The van der Waals surface area contributed by atoms with Crippen molar-refractivity contribution in [2.45, 2.75) is 50.6 Å². The van der Waals surface area contributed by atoms with E-state index in [9.17, 15) is 14.4 Å². The summed E-state index contributed by atoms with van der Waals surface area (Å²) in [6.45, 7) is 1.30. The second-order valence-electron chi connectivity index (χ2n) is 7.14. The lowest BCUT2D eigenvalue weighted by molar-refractivity contribution is -0.137. The maximum Gasteiger partial charge on any atom is 0.303 e. The van der Waals surface area contributed by atoms with E-state index in [1.165, 1.54) is 0 Å². The van der Waals surface area contributed by atoms with Crippen LogP contribution < -0.4 is 10.1 Å². The molecule has 7 nitrogen and oxygen atoms in total. The van der Waals surface area contributed by atoms with Gasteiger partial charge in [-0.05, 0) is 37.5 Å². The molecular weight excluding hydrogens is 372 g/mol. The fourth-order valence-corrected chi connectivity index (χ4v) is 3.89. The zero-order valence-corrected chi connectivity index (χ0v) is 15.8. The van der Waals surface area contributed by atoms with Crippen LogP contribution >= 0.6 is 11.6 Å². The summed E-state index contributed by atoms with van der Waals surface area (Å²) in [5.74, 6) is -0.294. The minimum absolute atomic E-state index is 0.0299. The average molecular weight is 395 g/mol. The minimum Gasteiger partial charge on any atom is -0.491 e. The monoisotopic (exact) mass is 394 g/mol. The van der Waals surface area contributed by atoms with Crippen LogP contribution in [0.1, 0.15) is 44.1 Å².